The molecule has 2 rings (SSSR count). The predicted molar refractivity (Wildman–Crippen MR) is 77.0 cm³/mol. The highest BCUT2D eigenvalue weighted by Crippen LogP contribution is 2.19. The zero-order valence-corrected chi connectivity index (χ0v) is 13.3. The minimum absolute atomic E-state index is 0.336. The molecule has 0 fully saturated rings. The molecule has 7 nitrogen and oxygen atoms in total. The molecule has 1 N–H and O–H groups in total. The van der Waals surface area contributed by atoms with Gasteiger partial charge in [0.1, 0.15) is 22.9 Å². The van der Waals surface area contributed by atoms with Gasteiger partial charge >= 0.3 is 0 Å². The molecule has 0 saturated heterocycles. The number of methoxy groups -OCH3 is 1. The van der Waals surface area contributed by atoms with E-state index in [1.54, 1.807) is 4.57 Å². The zero-order valence-electron chi connectivity index (χ0n) is 12.5. The van der Waals surface area contributed by atoms with Crippen molar-refractivity contribution in [1.29, 1.82) is 0 Å². The SMILES string of the molecule is COCCn1cnnc1[C@H](C)NS(=O)(=O)c1cc(F)ccc1F. The van der Waals surface area contributed by atoms with Gasteiger partial charge in [-0.2, -0.15) is 0 Å². The number of sulfonamides is 1. The molecule has 1 atom stereocenters. The van der Waals surface area contributed by atoms with Crippen LogP contribution in [0.15, 0.2) is 29.4 Å². The number of halogens is 2. The second-order valence-corrected chi connectivity index (χ2v) is 6.48. The summed E-state index contributed by atoms with van der Waals surface area (Å²) in [6.07, 6.45) is 1.43. The van der Waals surface area contributed by atoms with E-state index in [2.05, 4.69) is 14.9 Å². The fourth-order valence-electron chi connectivity index (χ4n) is 1.99. The predicted octanol–water partition coefficient (Wildman–Crippen LogP) is 1.24. The molecule has 0 bridgehead atoms. The van der Waals surface area contributed by atoms with E-state index in [0.29, 0.717) is 25.0 Å². The van der Waals surface area contributed by atoms with Crippen molar-refractivity contribution < 1.29 is 21.9 Å². The Bertz CT molecular complexity index is 779. The van der Waals surface area contributed by atoms with Crippen molar-refractivity contribution in [3.8, 4) is 0 Å². The molecule has 0 unspecified atom stereocenters. The highest BCUT2D eigenvalue weighted by molar-refractivity contribution is 7.89. The fraction of sp³-hybridized carbons (Fsp3) is 0.385. The summed E-state index contributed by atoms with van der Waals surface area (Å²) in [5, 5.41) is 7.57. The Kier molecular flexibility index (Phi) is 5.39. The van der Waals surface area contributed by atoms with Crippen LogP contribution in [-0.2, 0) is 21.3 Å². The van der Waals surface area contributed by atoms with Crippen molar-refractivity contribution in [3.05, 3.63) is 42.0 Å². The van der Waals surface area contributed by atoms with Gasteiger partial charge in [0.15, 0.2) is 5.82 Å². The van der Waals surface area contributed by atoms with E-state index in [0.717, 1.165) is 12.1 Å². The first-order chi connectivity index (χ1) is 10.8. The molecule has 0 amide bonds. The Hall–Kier alpha value is -1.91. The molecule has 23 heavy (non-hydrogen) atoms. The van der Waals surface area contributed by atoms with Gasteiger partial charge in [-0.25, -0.2) is 21.9 Å². The standard InChI is InChI=1S/C13H16F2N4O3S/c1-9(13-17-16-8-19(13)5-6-22-2)18-23(20,21)12-7-10(14)3-4-11(12)15/h3-4,7-9,18H,5-6H2,1-2H3/t9-/m0/s1. The Morgan fingerprint density at radius 1 is 1.39 bits per heavy atom. The van der Waals surface area contributed by atoms with Crippen molar-refractivity contribution in [3.63, 3.8) is 0 Å². The van der Waals surface area contributed by atoms with Crippen LogP contribution in [0.3, 0.4) is 0 Å². The third kappa shape index (κ3) is 4.09. The number of hydrogen-bond donors (Lipinski definition) is 1. The van der Waals surface area contributed by atoms with Gasteiger partial charge in [0.25, 0.3) is 0 Å². The van der Waals surface area contributed by atoms with E-state index in [1.807, 2.05) is 0 Å². The molecule has 1 aromatic heterocycles. The van der Waals surface area contributed by atoms with Crippen LogP contribution in [0.5, 0.6) is 0 Å². The maximum Gasteiger partial charge on any atom is 0.244 e. The van der Waals surface area contributed by atoms with Crippen LogP contribution in [-0.4, -0.2) is 36.9 Å². The molecule has 1 aromatic carbocycles. The van der Waals surface area contributed by atoms with Crippen LogP contribution in [0.2, 0.25) is 0 Å². The summed E-state index contributed by atoms with van der Waals surface area (Å²) in [5.74, 6) is -1.54. The Balaban J connectivity index is 2.23. The van der Waals surface area contributed by atoms with Crippen LogP contribution in [0.4, 0.5) is 8.78 Å². The molecule has 0 radical (unpaired) electrons. The summed E-state index contributed by atoms with van der Waals surface area (Å²) in [5.41, 5.74) is 0. The first-order valence-electron chi connectivity index (χ1n) is 6.69. The topological polar surface area (TPSA) is 86.1 Å². The summed E-state index contributed by atoms with van der Waals surface area (Å²) in [4.78, 5) is -0.757. The molecule has 0 aliphatic heterocycles. The molecule has 126 valence electrons. The van der Waals surface area contributed by atoms with Crippen molar-refractivity contribution in [2.75, 3.05) is 13.7 Å². The zero-order chi connectivity index (χ0) is 17.0. The lowest BCUT2D eigenvalue weighted by atomic mass is 10.3. The Morgan fingerprint density at radius 2 is 2.13 bits per heavy atom. The summed E-state index contributed by atoms with van der Waals surface area (Å²) in [6, 6.07) is 1.44. The number of ether oxygens (including phenoxy) is 1. The van der Waals surface area contributed by atoms with E-state index in [1.165, 1.54) is 20.4 Å². The van der Waals surface area contributed by atoms with Crippen molar-refractivity contribution >= 4 is 10.0 Å². The molecule has 10 heteroatoms. The van der Waals surface area contributed by atoms with Crippen LogP contribution in [0.1, 0.15) is 18.8 Å². The number of nitrogens with zero attached hydrogens (tertiary/aromatic N) is 3. The number of hydrogen-bond acceptors (Lipinski definition) is 5. The van der Waals surface area contributed by atoms with Gasteiger partial charge in [-0.05, 0) is 25.1 Å². The van der Waals surface area contributed by atoms with Crippen LogP contribution in [0, 0.1) is 11.6 Å². The Labute approximate surface area is 132 Å². The Morgan fingerprint density at radius 3 is 2.83 bits per heavy atom. The lowest BCUT2D eigenvalue weighted by Gasteiger charge is -2.15. The largest absolute Gasteiger partial charge is 0.383 e. The second-order valence-electron chi connectivity index (χ2n) is 4.79. The smallest absolute Gasteiger partial charge is 0.244 e. The summed E-state index contributed by atoms with van der Waals surface area (Å²) in [7, 11) is -2.72. The monoisotopic (exact) mass is 346 g/mol. The van der Waals surface area contributed by atoms with Gasteiger partial charge in [-0.3, -0.25) is 0 Å². The molecule has 0 aliphatic carbocycles. The minimum Gasteiger partial charge on any atom is -0.383 e. The average molecular weight is 346 g/mol. The number of rotatable bonds is 7. The van der Waals surface area contributed by atoms with E-state index < -0.39 is 32.6 Å². The summed E-state index contributed by atoms with van der Waals surface area (Å²) in [6.45, 7) is 2.35. The highest BCUT2D eigenvalue weighted by Gasteiger charge is 2.25. The first-order valence-corrected chi connectivity index (χ1v) is 8.17. The van der Waals surface area contributed by atoms with E-state index in [4.69, 9.17) is 4.74 Å². The highest BCUT2D eigenvalue weighted by atomic mass is 32.2. The maximum atomic E-state index is 13.7. The lowest BCUT2D eigenvalue weighted by Crippen LogP contribution is -2.30. The summed E-state index contributed by atoms with van der Waals surface area (Å²) >= 11 is 0. The first kappa shape index (κ1) is 17.4. The molecule has 0 saturated carbocycles. The molecule has 1 heterocycles. The molecular weight excluding hydrogens is 330 g/mol. The second kappa shape index (κ2) is 7.11. The molecular formula is C13H16F2N4O3S. The fourth-order valence-corrected chi connectivity index (χ4v) is 3.28. The van der Waals surface area contributed by atoms with Gasteiger partial charge in [-0.1, -0.05) is 0 Å². The summed E-state index contributed by atoms with van der Waals surface area (Å²) < 4.78 is 60.1. The molecule has 2 aromatic rings. The van der Waals surface area contributed by atoms with Gasteiger partial charge in [0, 0.05) is 13.7 Å². The maximum absolute atomic E-state index is 13.7. The normalized spacial score (nSPS) is 13.2. The number of benzene rings is 1. The average Bonchev–Trinajstić information content (AvgIpc) is 2.95. The molecule has 0 spiro atoms. The quantitative estimate of drug-likeness (QED) is 0.815. The van der Waals surface area contributed by atoms with Crippen molar-refractivity contribution in [2.45, 2.75) is 24.4 Å². The molecule has 0 aliphatic rings. The third-order valence-corrected chi connectivity index (χ3v) is 4.64. The van der Waals surface area contributed by atoms with E-state index in [-0.39, 0.29) is 0 Å². The van der Waals surface area contributed by atoms with Crippen LogP contribution >= 0.6 is 0 Å². The number of nitrogens with one attached hydrogen (secondary N) is 1. The third-order valence-electron chi connectivity index (χ3n) is 3.08. The van der Waals surface area contributed by atoms with E-state index >= 15 is 0 Å². The van der Waals surface area contributed by atoms with Gasteiger partial charge in [0.05, 0.1) is 12.6 Å². The minimum atomic E-state index is -4.25. The van der Waals surface area contributed by atoms with Gasteiger partial charge in [-0.15, -0.1) is 10.2 Å². The van der Waals surface area contributed by atoms with E-state index in [9.17, 15) is 17.2 Å². The van der Waals surface area contributed by atoms with Crippen LogP contribution < -0.4 is 4.72 Å². The van der Waals surface area contributed by atoms with Gasteiger partial charge < -0.3 is 9.30 Å². The lowest BCUT2D eigenvalue weighted by molar-refractivity contribution is 0.185. The van der Waals surface area contributed by atoms with Crippen molar-refractivity contribution in [2.24, 2.45) is 0 Å². The van der Waals surface area contributed by atoms with Gasteiger partial charge in [0.2, 0.25) is 10.0 Å². The van der Waals surface area contributed by atoms with Crippen molar-refractivity contribution in [1.82, 2.24) is 19.5 Å². The number of aromatic nitrogens is 3. The van der Waals surface area contributed by atoms with Crippen LogP contribution in [0.25, 0.3) is 0 Å².